The molecular weight excluding hydrogens is 494 g/mol. The molecular formula is C28H37NO9. The Kier molecular flexibility index (Phi) is 10.0. The molecule has 38 heavy (non-hydrogen) atoms. The molecule has 0 aliphatic carbocycles. The lowest BCUT2D eigenvalue weighted by Gasteiger charge is -2.40. The number of amides is 1. The Hall–Kier alpha value is -2.83. The maximum Gasteiger partial charge on any atom is 0.224 e. The predicted molar refractivity (Wildman–Crippen MR) is 139 cm³/mol. The molecule has 1 aliphatic heterocycles. The van der Waals surface area contributed by atoms with Gasteiger partial charge in [0.05, 0.1) is 25.4 Å². The van der Waals surface area contributed by atoms with Gasteiger partial charge in [0.25, 0.3) is 0 Å². The normalized spacial score (nSPS) is 24.1. The van der Waals surface area contributed by atoms with Gasteiger partial charge in [0, 0.05) is 12.0 Å². The Bertz CT molecular complexity index is 1110. The van der Waals surface area contributed by atoms with Gasteiger partial charge >= 0.3 is 0 Å². The zero-order valence-electron chi connectivity index (χ0n) is 21.5. The van der Waals surface area contributed by atoms with E-state index in [0.29, 0.717) is 6.42 Å². The van der Waals surface area contributed by atoms with Crippen molar-refractivity contribution < 1.29 is 45.3 Å². The molecule has 5 atom stereocenters. The van der Waals surface area contributed by atoms with E-state index in [0.717, 1.165) is 22.3 Å². The lowest BCUT2D eigenvalue weighted by molar-refractivity contribution is -0.232. The fourth-order valence-corrected chi connectivity index (χ4v) is 4.32. The molecule has 0 spiro atoms. The first-order valence-electron chi connectivity index (χ1n) is 12.4. The summed E-state index contributed by atoms with van der Waals surface area (Å²) in [4.78, 5) is 12.0. The van der Waals surface area contributed by atoms with Gasteiger partial charge in [0.1, 0.15) is 36.3 Å². The highest BCUT2D eigenvalue weighted by molar-refractivity contribution is 5.79. The van der Waals surface area contributed by atoms with E-state index in [1.54, 1.807) is 31.2 Å². The Morgan fingerprint density at radius 3 is 2.29 bits per heavy atom. The van der Waals surface area contributed by atoms with Crippen LogP contribution < -0.4 is 5.32 Å². The number of aryl methyl sites for hydroxylation is 1. The summed E-state index contributed by atoms with van der Waals surface area (Å²) in [7, 11) is 0. The van der Waals surface area contributed by atoms with Gasteiger partial charge in [-0.3, -0.25) is 4.79 Å². The third-order valence-corrected chi connectivity index (χ3v) is 6.81. The fraction of sp³-hybridized carbons (Fsp3) is 0.464. The van der Waals surface area contributed by atoms with Crippen molar-refractivity contribution in [3.8, 4) is 5.75 Å². The number of nitrogens with one attached hydrogen (secondary N) is 1. The molecule has 1 saturated heterocycles. The quantitative estimate of drug-likeness (QED) is 0.210. The highest BCUT2D eigenvalue weighted by Crippen LogP contribution is 2.38. The number of hydrogen-bond donors (Lipinski definition) is 8. The molecule has 2 aromatic carbocycles. The van der Waals surface area contributed by atoms with Gasteiger partial charge in [0.2, 0.25) is 5.91 Å². The number of carbonyl (C=O) groups excluding carboxylic acids is 1. The third-order valence-electron chi connectivity index (χ3n) is 6.81. The van der Waals surface area contributed by atoms with Crippen LogP contribution in [0.25, 0.3) is 6.08 Å². The minimum atomic E-state index is -1.55. The Morgan fingerprint density at radius 1 is 1.03 bits per heavy atom. The van der Waals surface area contributed by atoms with E-state index in [1.165, 1.54) is 0 Å². The summed E-state index contributed by atoms with van der Waals surface area (Å²) in [5.74, 6) is -0.445. The lowest BCUT2D eigenvalue weighted by Crippen LogP contribution is -2.55. The molecule has 10 nitrogen and oxygen atoms in total. The largest absolute Gasteiger partial charge is 0.508 e. The van der Waals surface area contributed by atoms with E-state index >= 15 is 0 Å². The van der Waals surface area contributed by atoms with Crippen molar-refractivity contribution in [1.29, 1.82) is 0 Å². The number of carbonyl (C=O) groups is 1. The van der Waals surface area contributed by atoms with Gasteiger partial charge in [-0.05, 0) is 54.7 Å². The first-order valence-corrected chi connectivity index (χ1v) is 12.4. The lowest BCUT2D eigenvalue weighted by atomic mass is 9.88. The molecule has 2 aromatic rings. The minimum absolute atomic E-state index is 0.0881. The van der Waals surface area contributed by atoms with Crippen LogP contribution in [0.1, 0.15) is 47.3 Å². The first kappa shape index (κ1) is 29.7. The van der Waals surface area contributed by atoms with Crippen LogP contribution >= 0.6 is 0 Å². The molecule has 0 unspecified atom stereocenters. The second-order valence-corrected chi connectivity index (χ2v) is 10.0. The van der Waals surface area contributed by atoms with Crippen molar-refractivity contribution in [1.82, 2.24) is 5.32 Å². The maximum atomic E-state index is 12.0. The number of ether oxygens (including phenoxy) is 1. The standard InChI is InChI=1S/C28H37NO9/c1-16-10-21(33)20(27-26(37)25(36)24(35)22(13-30)38-27)12-19(16)11-18-8-6-17(7-9-18)4-3-5-23(34)29-28(2,14-31)15-32/h3-4,6-10,12,22,24-27,30-33,35-37H,5,11,13-15H2,1-2H3,(H,29,34)/b4-3+/t22-,24-,25+,26-,27+/m1/s1. The van der Waals surface area contributed by atoms with Crippen LogP contribution in [0.15, 0.2) is 42.5 Å². The fourth-order valence-electron chi connectivity index (χ4n) is 4.32. The van der Waals surface area contributed by atoms with Crippen molar-refractivity contribution in [3.63, 3.8) is 0 Å². The van der Waals surface area contributed by atoms with Crippen LogP contribution in [0, 0.1) is 6.92 Å². The second-order valence-electron chi connectivity index (χ2n) is 10.0. The first-order chi connectivity index (χ1) is 18.0. The molecule has 1 aliphatic rings. The summed E-state index contributed by atoms with van der Waals surface area (Å²) in [6.45, 7) is 2.09. The van der Waals surface area contributed by atoms with Crippen LogP contribution in [0.4, 0.5) is 0 Å². The monoisotopic (exact) mass is 531 g/mol. The number of aliphatic hydroxyl groups is 6. The van der Waals surface area contributed by atoms with Gasteiger partial charge < -0.3 is 45.8 Å². The maximum absolute atomic E-state index is 12.0. The Morgan fingerprint density at radius 2 is 1.68 bits per heavy atom. The molecule has 1 amide bonds. The van der Waals surface area contributed by atoms with Crippen molar-refractivity contribution in [3.05, 3.63) is 70.3 Å². The van der Waals surface area contributed by atoms with Gasteiger partial charge in [-0.1, -0.05) is 36.4 Å². The smallest absolute Gasteiger partial charge is 0.224 e. The van der Waals surface area contributed by atoms with Crippen LogP contribution in [0.5, 0.6) is 5.75 Å². The third kappa shape index (κ3) is 6.97. The molecule has 0 aromatic heterocycles. The van der Waals surface area contributed by atoms with E-state index < -0.39 is 42.7 Å². The summed E-state index contributed by atoms with van der Waals surface area (Å²) in [6, 6.07) is 10.9. The second kappa shape index (κ2) is 12.8. The average Bonchev–Trinajstić information content (AvgIpc) is 2.90. The Labute approximate surface area is 221 Å². The summed E-state index contributed by atoms with van der Waals surface area (Å²) in [5, 5.41) is 71.9. The Balaban J connectivity index is 1.70. The van der Waals surface area contributed by atoms with Crippen molar-refractivity contribution in [2.75, 3.05) is 19.8 Å². The number of phenols is 1. The summed E-state index contributed by atoms with van der Waals surface area (Å²) >= 11 is 0. The highest BCUT2D eigenvalue weighted by atomic mass is 16.5. The molecule has 0 saturated carbocycles. The number of aromatic hydroxyl groups is 1. The average molecular weight is 532 g/mol. The minimum Gasteiger partial charge on any atom is -0.508 e. The summed E-state index contributed by atoms with van der Waals surface area (Å²) < 4.78 is 5.62. The molecule has 1 fully saturated rings. The number of rotatable bonds is 10. The summed E-state index contributed by atoms with van der Waals surface area (Å²) in [6.07, 6.45) is -2.67. The zero-order chi connectivity index (χ0) is 28.0. The van der Waals surface area contributed by atoms with Crippen molar-refractivity contribution in [2.45, 2.75) is 62.7 Å². The zero-order valence-corrected chi connectivity index (χ0v) is 21.5. The molecule has 0 bridgehead atoms. The van der Waals surface area contributed by atoms with E-state index in [1.807, 2.05) is 31.2 Å². The van der Waals surface area contributed by atoms with Gasteiger partial charge in [-0.25, -0.2) is 0 Å². The molecule has 1 heterocycles. The summed E-state index contributed by atoms with van der Waals surface area (Å²) in [5.41, 5.74) is 2.68. The van der Waals surface area contributed by atoms with E-state index in [4.69, 9.17) is 4.74 Å². The van der Waals surface area contributed by atoms with Crippen LogP contribution in [0.2, 0.25) is 0 Å². The molecule has 10 heteroatoms. The number of phenolic OH excluding ortho intramolecular Hbond substituents is 1. The number of hydrogen-bond acceptors (Lipinski definition) is 9. The van der Waals surface area contributed by atoms with E-state index in [2.05, 4.69) is 5.32 Å². The van der Waals surface area contributed by atoms with Crippen molar-refractivity contribution in [2.24, 2.45) is 0 Å². The highest BCUT2D eigenvalue weighted by Gasteiger charge is 2.44. The SMILES string of the molecule is Cc1cc(O)c([C@@H]2O[C@H](CO)[C@@H](O)[C@H](O)[C@H]2O)cc1Cc1ccc(/C=C/CC(=O)NC(C)(CO)CO)cc1. The van der Waals surface area contributed by atoms with Crippen LogP contribution in [-0.4, -0.2) is 91.4 Å². The molecule has 3 rings (SSSR count). The van der Waals surface area contributed by atoms with Gasteiger partial charge in [-0.15, -0.1) is 0 Å². The van der Waals surface area contributed by atoms with Crippen LogP contribution in [0.3, 0.4) is 0 Å². The van der Waals surface area contributed by atoms with Crippen LogP contribution in [-0.2, 0) is 16.0 Å². The van der Waals surface area contributed by atoms with Crippen molar-refractivity contribution >= 4 is 12.0 Å². The van der Waals surface area contributed by atoms with E-state index in [-0.39, 0.29) is 36.9 Å². The molecule has 0 radical (unpaired) electrons. The number of aliphatic hydroxyl groups excluding tert-OH is 6. The van der Waals surface area contributed by atoms with Gasteiger partial charge in [0.15, 0.2) is 0 Å². The predicted octanol–water partition coefficient (Wildman–Crippen LogP) is 0.0691. The molecule has 8 N–H and O–H groups in total. The topological polar surface area (TPSA) is 180 Å². The van der Waals surface area contributed by atoms with E-state index in [9.17, 15) is 40.5 Å². The number of benzene rings is 2. The molecule has 208 valence electrons. The van der Waals surface area contributed by atoms with Gasteiger partial charge in [-0.2, -0.15) is 0 Å².